The van der Waals surface area contributed by atoms with Crippen LogP contribution in [0.15, 0.2) is 17.0 Å². The fraction of sp³-hybridized carbons (Fsp3) is 0.538. The van der Waals surface area contributed by atoms with Gasteiger partial charge in [0.1, 0.15) is 11.6 Å². The van der Waals surface area contributed by atoms with Crippen molar-refractivity contribution in [2.24, 2.45) is 5.92 Å². The number of rotatable bonds is 5. The Bertz CT molecular complexity index is 565. The van der Waals surface area contributed by atoms with Crippen molar-refractivity contribution >= 4 is 15.7 Å². The summed E-state index contributed by atoms with van der Waals surface area (Å²) in [6.45, 7) is 5.59. The molecule has 1 aromatic carbocycles. The molecule has 0 saturated carbocycles. The summed E-state index contributed by atoms with van der Waals surface area (Å²) in [7, 11) is -2.92. The van der Waals surface area contributed by atoms with Crippen LogP contribution in [-0.4, -0.2) is 25.8 Å². The van der Waals surface area contributed by atoms with Crippen LogP contribution in [0.2, 0.25) is 0 Å². The van der Waals surface area contributed by atoms with E-state index in [1.165, 1.54) is 7.05 Å². The molecule has 0 aliphatic rings. The molecule has 0 aromatic heterocycles. The van der Waals surface area contributed by atoms with Crippen LogP contribution in [0.4, 0.5) is 14.5 Å². The van der Waals surface area contributed by atoms with Gasteiger partial charge in [0.2, 0.25) is 10.0 Å². The van der Waals surface area contributed by atoms with E-state index in [1.807, 2.05) is 13.8 Å². The molecule has 0 aliphatic carbocycles. The van der Waals surface area contributed by atoms with Crippen LogP contribution in [0, 0.1) is 17.6 Å². The molecule has 114 valence electrons. The van der Waals surface area contributed by atoms with Gasteiger partial charge in [-0.15, -0.1) is 0 Å². The van der Waals surface area contributed by atoms with Crippen molar-refractivity contribution < 1.29 is 17.2 Å². The monoisotopic (exact) mass is 306 g/mol. The smallest absolute Gasteiger partial charge is 0.248 e. The number of hydrogen-bond donors (Lipinski definition) is 1. The maximum absolute atomic E-state index is 13.8. The van der Waals surface area contributed by atoms with Gasteiger partial charge in [-0.05, 0) is 31.4 Å². The number of nitrogen functional groups attached to an aromatic ring is 1. The molecule has 0 heterocycles. The van der Waals surface area contributed by atoms with E-state index < -0.39 is 26.6 Å². The molecular weight excluding hydrogens is 286 g/mol. The Morgan fingerprint density at radius 3 is 2.05 bits per heavy atom. The van der Waals surface area contributed by atoms with Gasteiger partial charge in [-0.1, -0.05) is 13.8 Å². The summed E-state index contributed by atoms with van der Waals surface area (Å²) < 4.78 is 53.2. The van der Waals surface area contributed by atoms with Crippen LogP contribution in [0.1, 0.15) is 27.2 Å². The van der Waals surface area contributed by atoms with Crippen LogP contribution in [0.3, 0.4) is 0 Å². The quantitative estimate of drug-likeness (QED) is 0.851. The van der Waals surface area contributed by atoms with Crippen molar-refractivity contribution in [3.05, 3.63) is 23.8 Å². The average molecular weight is 306 g/mol. The Balaban J connectivity index is 3.24. The molecule has 20 heavy (non-hydrogen) atoms. The lowest BCUT2D eigenvalue weighted by Gasteiger charge is -2.26. The van der Waals surface area contributed by atoms with E-state index in [4.69, 9.17) is 5.73 Å². The lowest BCUT2D eigenvalue weighted by molar-refractivity contribution is 0.334. The van der Waals surface area contributed by atoms with Crippen LogP contribution in [0.25, 0.3) is 0 Å². The summed E-state index contributed by atoms with van der Waals surface area (Å²) >= 11 is 0. The van der Waals surface area contributed by atoms with Gasteiger partial charge in [-0.25, -0.2) is 17.2 Å². The fourth-order valence-electron chi connectivity index (χ4n) is 2.04. The molecule has 2 N–H and O–H groups in total. The molecule has 0 bridgehead atoms. The third kappa shape index (κ3) is 3.46. The second kappa shape index (κ2) is 6.05. The van der Waals surface area contributed by atoms with E-state index >= 15 is 0 Å². The fourth-order valence-corrected chi connectivity index (χ4v) is 3.50. The Morgan fingerprint density at radius 2 is 1.65 bits per heavy atom. The Kier molecular flexibility index (Phi) is 5.10. The number of anilines is 1. The lowest BCUT2D eigenvalue weighted by Crippen LogP contribution is -2.36. The molecule has 1 aromatic rings. The summed E-state index contributed by atoms with van der Waals surface area (Å²) in [5, 5.41) is 0. The van der Waals surface area contributed by atoms with Gasteiger partial charge in [0, 0.05) is 18.8 Å². The summed E-state index contributed by atoms with van der Waals surface area (Å²) in [4.78, 5) is -0.954. The normalized spacial score (nSPS) is 14.0. The molecule has 1 atom stereocenters. The van der Waals surface area contributed by atoms with Crippen molar-refractivity contribution in [1.29, 1.82) is 0 Å². The Labute approximate surface area is 118 Å². The first kappa shape index (κ1) is 16.8. The first-order valence-corrected chi connectivity index (χ1v) is 7.74. The van der Waals surface area contributed by atoms with E-state index in [0.717, 1.165) is 16.4 Å². The van der Waals surface area contributed by atoms with Gasteiger partial charge in [-0.3, -0.25) is 0 Å². The number of halogens is 2. The zero-order chi connectivity index (χ0) is 15.7. The van der Waals surface area contributed by atoms with Crippen LogP contribution in [0.5, 0.6) is 0 Å². The van der Waals surface area contributed by atoms with Gasteiger partial charge < -0.3 is 5.73 Å². The molecular formula is C13H20F2N2O2S. The second-order valence-electron chi connectivity index (χ2n) is 5.31. The number of nitrogens with zero attached hydrogens (tertiary/aromatic N) is 1. The van der Waals surface area contributed by atoms with Gasteiger partial charge in [0.15, 0.2) is 4.90 Å². The Morgan fingerprint density at radius 1 is 1.20 bits per heavy atom. The highest BCUT2D eigenvalue weighted by Gasteiger charge is 2.31. The van der Waals surface area contributed by atoms with E-state index in [2.05, 4.69) is 0 Å². The van der Waals surface area contributed by atoms with Crippen molar-refractivity contribution in [3.8, 4) is 0 Å². The molecule has 0 amide bonds. The summed E-state index contributed by atoms with van der Waals surface area (Å²) in [5.74, 6) is -2.08. The largest absolute Gasteiger partial charge is 0.399 e. The van der Waals surface area contributed by atoms with Crippen molar-refractivity contribution in [1.82, 2.24) is 4.31 Å². The summed E-state index contributed by atoms with van der Waals surface area (Å²) in [6, 6.07) is 1.24. The van der Waals surface area contributed by atoms with Gasteiger partial charge in [0.05, 0.1) is 0 Å². The number of benzene rings is 1. The predicted octanol–water partition coefficient (Wildman–Crippen LogP) is 2.60. The summed E-state index contributed by atoms with van der Waals surface area (Å²) in [5.41, 5.74) is 5.13. The topological polar surface area (TPSA) is 63.4 Å². The highest BCUT2D eigenvalue weighted by atomic mass is 32.2. The average Bonchev–Trinajstić information content (AvgIpc) is 2.24. The maximum Gasteiger partial charge on any atom is 0.248 e. The van der Waals surface area contributed by atoms with Crippen LogP contribution in [-0.2, 0) is 10.0 Å². The molecule has 1 rings (SSSR count). The number of hydrogen-bond acceptors (Lipinski definition) is 3. The first-order chi connectivity index (χ1) is 9.07. The second-order valence-corrected chi connectivity index (χ2v) is 7.25. The lowest BCUT2D eigenvalue weighted by atomic mass is 10.1. The molecule has 0 spiro atoms. The molecule has 4 nitrogen and oxygen atoms in total. The van der Waals surface area contributed by atoms with Crippen LogP contribution < -0.4 is 5.73 Å². The highest BCUT2D eigenvalue weighted by molar-refractivity contribution is 7.89. The highest BCUT2D eigenvalue weighted by Crippen LogP contribution is 2.26. The molecule has 7 heteroatoms. The van der Waals surface area contributed by atoms with Crippen molar-refractivity contribution in [3.63, 3.8) is 0 Å². The number of sulfonamides is 1. The van der Waals surface area contributed by atoms with Gasteiger partial charge in [-0.2, -0.15) is 4.31 Å². The minimum atomic E-state index is -4.23. The third-order valence-corrected chi connectivity index (χ3v) is 5.11. The SMILES string of the molecule is CC(C)CC(C)N(C)S(=O)(=O)c1c(F)cc(N)cc1F. The summed E-state index contributed by atoms with van der Waals surface area (Å²) in [6.07, 6.45) is 0.591. The number of nitrogens with two attached hydrogens (primary N) is 1. The zero-order valence-electron chi connectivity index (χ0n) is 12.0. The zero-order valence-corrected chi connectivity index (χ0v) is 12.8. The molecule has 0 saturated heterocycles. The predicted molar refractivity (Wildman–Crippen MR) is 74.6 cm³/mol. The molecule has 0 radical (unpaired) electrons. The molecule has 0 fully saturated rings. The van der Waals surface area contributed by atoms with Crippen molar-refractivity contribution in [2.75, 3.05) is 12.8 Å². The van der Waals surface area contributed by atoms with Gasteiger partial charge in [0.25, 0.3) is 0 Å². The Hall–Kier alpha value is -1.21. The standard InChI is InChI=1S/C13H20F2N2O2S/c1-8(2)5-9(3)17(4)20(18,19)13-11(14)6-10(16)7-12(13)15/h6-9H,5,16H2,1-4H3. The maximum atomic E-state index is 13.8. The van der Waals surface area contributed by atoms with Gasteiger partial charge >= 0.3 is 0 Å². The molecule has 1 unspecified atom stereocenters. The van der Waals surface area contributed by atoms with E-state index in [9.17, 15) is 17.2 Å². The van der Waals surface area contributed by atoms with Crippen LogP contribution >= 0.6 is 0 Å². The van der Waals surface area contributed by atoms with E-state index in [0.29, 0.717) is 6.42 Å². The minimum Gasteiger partial charge on any atom is -0.399 e. The van der Waals surface area contributed by atoms with Crippen molar-refractivity contribution in [2.45, 2.75) is 38.1 Å². The first-order valence-electron chi connectivity index (χ1n) is 6.30. The van der Waals surface area contributed by atoms with E-state index in [1.54, 1.807) is 6.92 Å². The third-order valence-electron chi connectivity index (χ3n) is 3.09. The van der Waals surface area contributed by atoms with E-state index in [-0.39, 0.29) is 17.6 Å². The molecule has 0 aliphatic heterocycles. The minimum absolute atomic E-state index is 0.156.